The average Bonchev–Trinajstić information content (AvgIpc) is 2.89. The molecule has 0 spiro atoms. The van der Waals surface area contributed by atoms with E-state index in [2.05, 4.69) is 4.74 Å². The standard InChI is InChI=1S/C9H12O4/c1-4-3-5(9(11)12-2)7-8(13-7)6(4)10/h3-4,6-8,10H,1-2H3/t4-,6-,7+,8-/m0/s1. The van der Waals surface area contributed by atoms with E-state index in [9.17, 15) is 9.90 Å². The van der Waals surface area contributed by atoms with Crippen LogP contribution in [-0.2, 0) is 14.3 Å². The molecular formula is C9H12O4. The van der Waals surface area contributed by atoms with E-state index in [1.54, 1.807) is 6.08 Å². The summed E-state index contributed by atoms with van der Waals surface area (Å²) in [6.45, 7) is 1.85. The van der Waals surface area contributed by atoms with Gasteiger partial charge in [0.1, 0.15) is 12.2 Å². The van der Waals surface area contributed by atoms with E-state index >= 15 is 0 Å². The molecule has 13 heavy (non-hydrogen) atoms. The normalized spacial score (nSPS) is 41.9. The molecule has 4 nitrogen and oxygen atoms in total. The Balaban J connectivity index is 2.21. The molecule has 4 atom stereocenters. The van der Waals surface area contributed by atoms with E-state index in [0.717, 1.165) is 0 Å². The van der Waals surface area contributed by atoms with Crippen molar-refractivity contribution in [1.82, 2.24) is 0 Å². The largest absolute Gasteiger partial charge is 0.466 e. The lowest BCUT2D eigenvalue weighted by atomic mass is 9.89. The van der Waals surface area contributed by atoms with Crippen molar-refractivity contribution < 1.29 is 19.4 Å². The van der Waals surface area contributed by atoms with Crippen LogP contribution in [0.4, 0.5) is 0 Å². The smallest absolute Gasteiger partial charge is 0.336 e. The Morgan fingerprint density at radius 2 is 2.38 bits per heavy atom. The fourth-order valence-electron chi connectivity index (χ4n) is 1.71. The summed E-state index contributed by atoms with van der Waals surface area (Å²) in [5, 5.41) is 9.54. The van der Waals surface area contributed by atoms with Gasteiger partial charge in [0.05, 0.1) is 18.8 Å². The Morgan fingerprint density at radius 3 is 3.00 bits per heavy atom. The van der Waals surface area contributed by atoms with Crippen molar-refractivity contribution in [3.63, 3.8) is 0 Å². The van der Waals surface area contributed by atoms with Gasteiger partial charge in [-0.05, 0) is 0 Å². The Morgan fingerprint density at radius 1 is 1.69 bits per heavy atom. The molecule has 1 fully saturated rings. The number of methoxy groups -OCH3 is 1. The third-order valence-electron chi connectivity index (χ3n) is 2.57. The van der Waals surface area contributed by atoms with Crippen molar-refractivity contribution in [2.75, 3.05) is 7.11 Å². The van der Waals surface area contributed by atoms with Crippen LogP contribution in [-0.4, -0.2) is 36.5 Å². The molecule has 1 heterocycles. The number of hydrogen-bond donors (Lipinski definition) is 1. The first kappa shape index (κ1) is 8.72. The van der Waals surface area contributed by atoms with Gasteiger partial charge in [-0.3, -0.25) is 0 Å². The lowest BCUT2D eigenvalue weighted by Gasteiger charge is -2.18. The van der Waals surface area contributed by atoms with Crippen molar-refractivity contribution in [1.29, 1.82) is 0 Å². The van der Waals surface area contributed by atoms with Gasteiger partial charge < -0.3 is 14.6 Å². The van der Waals surface area contributed by atoms with E-state index in [0.29, 0.717) is 5.57 Å². The van der Waals surface area contributed by atoms with Gasteiger partial charge in [0.15, 0.2) is 0 Å². The van der Waals surface area contributed by atoms with Gasteiger partial charge >= 0.3 is 5.97 Å². The Bertz CT molecular complexity index is 271. The molecule has 0 amide bonds. The second kappa shape index (κ2) is 2.82. The zero-order valence-electron chi connectivity index (χ0n) is 7.56. The minimum Gasteiger partial charge on any atom is -0.466 e. The van der Waals surface area contributed by atoms with Crippen LogP contribution in [0.3, 0.4) is 0 Å². The van der Waals surface area contributed by atoms with Crippen LogP contribution in [0, 0.1) is 5.92 Å². The second-order valence-corrected chi connectivity index (χ2v) is 3.48. The zero-order valence-corrected chi connectivity index (χ0v) is 7.56. The minimum absolute atomic E-state index is 0.0437. The van der Waals surface area contributed by atoms with E-state index in [1.165, 1.54) is 7.11 Å². The summed E-state index contributed by atoms with van der Waals surface area (Å²) in [7, 11) is 1.34. The highest BCUT2D eigenvalue weighted by molar-refractivity contribution is 5.90. The van der Waals surface area contributed by atoms with E-state index in [4.69, 9.17) is 4.74 Å². The summed E-state index contributed by atoms with van der Waals surface area (Å²) in [5.41, 5.74) is 0.547. The fraction of sp³-hybridized carbons (Fsp3) is 0.667. The molecule has 2 aliphatic rings. The topological polar surface area (TPSA) is 59.1 Å². The SMILES string of the molecule is COC(=O)C1=C[C@H](C)[C@H](O)[C@@H]2O[C@H]12. The van der Waals surface area contributed by atoms with Gasteiger partial charge in [-0.1, -0.05) is 13.0 Å². The number of carbonyl (C=O) groups excluding carboxylic acids is 1. The Kier molecular flexibility index (Phi) is 1.89. The quantitative estimate of drug-likeness (QED) is 0.455. The van der Waals surface area contributed by atoms with Crippen LogP contribution in [0.25, 0.3) is 0 Å². The van der Waals surface area contributed by atoms with Crippen LogP contribution in [0.1, 0.15) is 6.92 Å². The number of carbonyl (C=O) groups is 1. The minimum atomic E-state index is -0.488. The number of aliphatic hydroxyl groups is 1. The lowest BCUT2D eigenvalue weighted by Crippen LogP contribution is -2.30. The molecule has 0 saturated carbocycles. The fourth-order valence-corrected chi connectivity index (χ4v) is 1.71. The van der Waals surface area contributed by atoms with Crippen molar-refractivity contribution >= 4 is 5.97 Å². The third-order valence-corrected chi connectivity index (χ3v) is 2.57. The van der Waals surface area contributed by atoms with Gasteiger partial charge in [0.2, 0.25) is 0 Å². The molecule has 0 aromatic heterocycles. The predicted octanol–water partition coefficient (Wildman–Crippen LogP) is -0.136. The van der Waals surface area contributed by atoms with Crippen LogP contribution in [0.2, 0.25) is 0 Å². The van der Waals surface area contributed by atoms with Gasteiger partial charge in [-0.15, -0.1) is 0 Å². The molecule has 0 aromatic rings. The third kappa shape index (κ3) is 1.26. The predicted molar refractivity (Wildman–Crippen MR) is 43.9 cm³/mol. The molecular weight excluding hydrogens is 172 g/mol. The number of hydrogen-bond acceptors (Lipinski definition) is 4. The van der Waals surface area contributed by atoms with Crippen LogP contribution in [0.5, 0.6) is 0 Å². The molecule has 1 saturated heterocycles. The van der Waals surface area contributed by atoms with Gasteiger partial charge in [-0.25, -0.2) is 4.79 Å². The van der Waals surface area contributed by atoms with Gasteiger partial charge in [0.25, 0.3) is 0 Å². The molecule has 1 N–H and O–H groups in total. The van der Waals surface area contributed by atoms with Crippen LogP contribution >= 0.6 is 0 Å². The van der Waals surface area contributed by atoms with E-state index in [1.807, 2.05) is 6.92 Å². The summed E-state index contributed by atoms with van der Waals surface area (Å²) < 4.78 is 9.78. The number of ether oxygens (including phenoxy) is 2. The number of esters is 1. The maximum atomic E-state index is 11.2. The summed E-state index contributed by atoms with van der Waals surface area (Å²) >= 11 is 0. The van der Waals surface area contributed by atoms with Crippen molar-refractivity contribution in [2.24, 2.45) is 5.92 Å². The van der Waals surface area contributed by atoms with Crippen molar-refractivity contribution in [2.45, 2.75) is 25.2 Å². The molecule has 2 rings (SSSR count). The summed E-state index contributed by atoms with van der Waals surface area (Å²) in [4.78, 5) is 11.2. The first-order valence-electron chi connectivity index (χ1n) is 4.28. The zero-order chi connectivity index (χ0) is 9.59. The maximum absolute atomic E-state index is 11.2. The number of fused-ring (bicyclic) bond motifs is 1. The second-order valence-electron chi connectivity index (χ2n) is 3.48. The number of rotatable bonds is 1. The summed E-state index contributed by atoms with van der Waals surface area (Å²) in [5.74, 6) is -0.399. The highest BCUT2D eigenvalue weighted by atomic mass is 16.6. The molecule has 1 aliphatic carbocycles. The average molecular weight is 184 g/mol. The van der Waals surface area contributed by atoms with Crippen LogP contribution in [0.15, 0.2) is 11.6 Å². The molecule has 1 aliphatic heterocycles. The first-order valence-corrected chi connectivity index (χ1v) is 4.28. The molecule has 0 aromatic carbocycles. The lowest BCUT2D eigenvalue weighted by molar-refractivity contribution is -0.136. The van der Waals surface area contributed by atoms with Crippen LogP contribution < -0.4 is 0 Å². The molecule has 0 bridgehead atoms. The van der Waals surface area contributed by atoms with E-state index in [-0.39, 0.29) is 24.1 Å². The molecule has 4 heteroatoms. The first-order chi connectivity index (χ1) is 6.15. The van der Waals surface area contributed by atoms with E-state index < -0.39 is 6.10 Å². The maximum Gasteiger partial charge on any atom is 0.336 e. The van der Waals surface area contributed by atoms with Gasteiger partial charge in [-0.2, -0.15) is 0 Å². The summed E-state index contributed by atoms with van der Waals surface area (Å²) in [6, 6.07) is 0. The summed E-state index contributed by atoms with van der Waals surface area (Å²) in [6.07, 6.45) is 0.802. The number of epoxide rings is 1. The Labute approximate surface area is 76.1 Å². The molecule has 0 radical (unpaired) electrons. The monoisotopic (exact) mass is 184 g/mol. The molecule has 0 unspecified atom stereocenters. The van der Waals surface area contributed by atoms with Crippen molar-refractivity contribution in [3.8, 4) is 0 Å². The highest BCUT2D eigenvalue weighted by Gasteiger charge is 2.53. The Hall–Kier alpha value is -0.870. The number of aliphatic hydroxyl groups excluding tert-OH is 1. The van der Waals surface area contributed by atoms with Crippen molar-refractivity contribution in [3.05, 3.63) is 11.6 Å². The van der Waals surface area contributed by atoms with Gasteiger partial charge in [0, 0.05) is 5.92 Å². The molecule has 72 valence electrons. The highest BCUT2D eigenvalue weighted by Crippen LogP contribution is 2.39.